The van der Waals surface area contributed by atoms with Crippen molar-refractivity contribution < 1.29 is 26.7 Å². The zero-order valence-corrected chi connectivity index (χ0v) is 9.42. The standard InChI is InChI=1S/HNO3.3H2O.Pb.2H/c2-1(3)4;;;;;;/h(H,2,3,4);3*1H2;;;. The van der Waals surface area contributed by atoms with E-state index in [0.717, 1.165) is 0 Å². The average molecular weight is 326 g/mol. The maximum atomic E-state index is 8.36. The van der Waals surface area contributed by atoms with Crippen LogP contribution in [-0.2, 0) is 0 Å². The van der Waals surface area contributed by atoms with Gasteiger partial charge >= 0.3 is 27.3 Å². The molecule has 0 unspecified atom stereocenters. The number of hydrogen-bond donors (Lipinski definition) is 1. The van der Waals surface area contributed by atoms with Crippen molar-refractivity contribution >= 4 is 27.3 Å². The zero-order valence-electron chi connectivity index (χ0n) is 3.92. The molecule has 0 amide bonds. The second-order valence-corrected chi connectivity index (χ2v) is 0.238. The van der Waals surface area contributed by atoms with E-state index in [9.17, 15) is 0 Å². The van der Waals surface area contributed by atoms with Crippen molar-refractivity contribution in [3.63, 3.8) is 0 Å². The molecule has 0 bridgehead atoms. The van der Waals surface area contributed by atoms with Gasteiger partial charge in [0.2, 0.25) is 0 Å². The molecule has 0 aromatic carbocycles. The van der Waals surface area contributed by atoms with E-state index in [-0.39, 0.29) is 43.7 Å². The van der Waals surface area contributed by atoms with Crippen LogP contribution in [0.2, 0.25) is 0 Å². The van der Waals surface area contributed by atoms with Gasteiger partial charge in [0, 0.05) is 0 Å². The van der Waals surface area contributed by atoms with Crippen molar-refractivity contribution in [2.45, 2.75) is 0 Å². The van der Waals surface area contributed by atoms with Gasteiger partial charge in [-0.3, -0.25) is 0 Å². The maximum absolute atomic E-state index is 8.36. The van der Waals surface area contributed by atoms with Crippen LogP contribution in [0.1, 0.15) is 0 Å². The van der Waals surface area contributed by atoms with E-state index in [1.165, 1.54) is 0 Å². The van der Waals surface area contributed by atoms with Crippen LogP contribution in [0.5, 0.6) is 0 Å². The Labute approximate surface area is 64.5 Å². The van der Waals surface area contributed by atoms with E-state index in [0.29, 0.717) is 0 Å². The topological polar surface area (TPSA) is 158 Å². The summed E-state index contributed by atoms with van der Waals surface area (Å²) in [5.74, 6) is 0. The Kier molecular flexibility index (Phi) is 152. The quantitative estimate of drug-likeness (QED) is 0.276. The van der Waals surface area contributed by atoms with Gasteiger partial charge < -0.3 is 21.6 Å². The molecule has 7 nitrogen and oxygen atoms in total. The molecule has 0 atom stereocenters. The fourth-order valence-electron chi connectivity index (χ4n) is 0. The average Bonchev–Trinajstić information content (AvgIpc) is 0.811. The molecule has 7 N–H and O–H groups in total. The SMILES string of the molecule is O.O.O.O=[N+]([O-])O.[PbH2]. The Morgan fingerprint density at radius 1 is 1.25 bits per heavy atom. The van der Waals surface area contributed by atoms with Crippen molar-refractivity contribution in [2.24, 2.45) is 0 Å². The molecular formula is H9NO6Pb. The molecule has 8 heteroatoms. The third-order valence-corrected chi connectivity index (χ3v) is 0. The van der Waals surface area contributed by atoms with Gasteiger partial charge in [-0.2, -0.15) is 0 Å². The van der Waals surface area contributed by atoms with Crippen LogP contribution in [0.15, 0.2) is 0 Å². The van der Waals surface area contributed by atoms with E-state index >= 15 is 0 Å². The Morgan fingerprint density at radius 2 is 1.25 bits per heavy atom. The van der Waals surface area contributed by atoms with Crippen LogP contribution in [0.3, 0.4) is 0 Å². The zero-order chi connectivity index (χ0) is 3.58. The van der Waals surface area contributed by atoms with Crippen molar-refractivity contribution in [1.82, 2.24) is 0 Å². The Bertz CT molecular complexity index is 31.5. The first-order valence-corrected chi connectivity index (χ1v) is 0.565. The summed E-state index contributed by atoms with van der Waals surface area (Å²) in [6.07, 6.45) is 0. The second-order valence-electron chi connectivity index (χ2n) is 0.238. The monoisotopic (exact) mass is 327 g/mol. The molecule has 0 heterocycles. The van der Waals surface area contributed by atoms with Crippen molar-refractivity contribution in [3.8, 4) is 0 Å². The first-order valence-electron chi connectivity index (χ1n) is 0.565. The molecule has 0 aliphatic heterocycles. The third kappa shape index (κ3) is 34800000. The fourth-order valence-corrected chi connectivity index (χ4v) is 0. The predicted octanol–water partition coefficient (Wildman–Crippen LogP) is -3.74. The van der Waals surface area contributed by atoms with Crippen molar-refractivity contribution in [2.75, 3.05) is 0 Å². The summed E-state index contributed by atoms with van der Waals surface area (Å²) in [5.41, 5.74) is 0. The first-order chi connectivity index (χ1) is 1.73. The number of hydrogen-bond acceptors (Lipinski definition) is 2. The molecule has 0 aromatic rings. The third-order valence-electron chi connectivity index (χ3n) is 0. The first kappa shape index (κ1) is 43.5. The summed E-state index contributed by atoms with van der Waals surface area (Å²) in [7, 11) is 0. The summed E-state index contributed by atoms with van der Waals surface area (Å²) < 4.78 is 0. The number of nitrogens with zero attached hydrogens (tertiary/aromatic N) is 1. The molecule has 8 heavy (non-hydrogen) atoms. The summed E-state index contributed by atoms with van der Waals surface area (Å²) >= 11 is 0. The van der Waals surface area contributed by atoms with Crippen LogP contribution in [0.25, 0.3) is 0 Å². The minimum atomic E-state index is -1.50. The van der Waals surface area contributed by atoms with Crippen LogP contribution >= 0.6 is 0 Å². The van der Waals surface area contributed by atoms with Crippen molar-refractivity contribution in [3.05, 3.63) is 10.1 Å². The molecule has 0 aliphatic rings. The fraction of sp³-hybridized carbons (Fsp3) is 0. The second kappa shape index (κ2) is 28.0. The van der Waals surface area contributed by atoms with Crippen molar-refractivity contribution in [1.29, 1.82) is 0 Å². The molecule has 0 rings (SSSR count). The van der Waals surface area contributed by atoms with Crippen LogP contribution in [-0.4, -0.2) is 54.0 Å². The molecule has 0 aliphatic carbocycles. The molecule has 0 fully saturated rings. The summed E-state index contributed by atoms with van der Waals surface area (Å²) in [6, 6.07) is 0. The molecule has 0 saturated heterocycles. The Hall–Kier alpha value is 0.00208. The van der Waals surface area contributed by atoms with E-state index in [2.05, 4.69) is 0 Å². The van der Waals surface area contributed by atoms with Gasteiger partial charge in [-0.1, -0.05) is 0 Å². The van der Waals surface area contributed by atoms with E-state index in [1.807, 2.05) is 0 Å². The van der Waals surface area contributed by atoms with Crippen LogP contribution < -0.4 is 0 Å². The van der Waals surface area contributed by atoms with Gasteiger partial charge in [-0.25, -0.2) is 0 Å². The Morgan fingerprint density at radius 3 is 1.25 bits per heavy atom. The van der Waals surface area contributed by atoms with Gasteiger partial charge in [0.05, 0.1) is 0 Å². The molecular weight excluding hydrogens is 317 g/mol. The molecule has 0 aromatic heterocycles. The molecule has 54 valence electrons. The van der Waals surface area contributed by atoms with Crippen LogP contribution in [0.4, 0.5) is 0 Å². The Balaban J connectivity index is -0.00000000750. The van der Waals surface area contributed by atoms with E-state index in [1.54, 1.807) is 0 Å². The van der Waals surface area contributed by atoms with E-state index < -0.39 is 5.09 Å². The summed E-state index contributed by atoms with van der Waals surface area (Å²) in [6.45, 7) is 0. The van der Waals surface area contributed by atoms with E-state index in [4.69, 9.17) is 15.3 Å². The minimum absolute atomic E-state index is 0. The van der Waals surface area contributed by atoms with Gasteiger partial charge in [0.1, 0.15) is 0 Å². The summed E-state index contributed by atoms with van der Waals surface area (Å²) in [4.78, 5) is 8.36. The van der Waals surface area contributed by atoms with Gasteiger partial charge in [0.25, 0.3) is 5.09 Å². The van der Waals surface area contributed by atoms with Crippen LogP contribution in [0, 0.1) is 10.1 Å². The molecule has 0 saturated carbocycles. The number of rotatable bonds is 0. The molecule has 0 spiro atoms. The van der Waals surface area contributed by atoms with Gasteiger partial charge in [-0.15, -0.1) is 10.1 Å². The molecule has 2 radical (unpaired) electrons. The summed E-state index contributed by atoms with van der Waals surface area (Å²) in [5, 5.41) is 13.6. The predicted molar refractivity (Wildman–Crippen MR) is 28.2 cm³/mol. The normalized spacial score (nSPS) is 3.00. The van der Waals surface area contributed by atoms with Gasteiger partial charge in [-0.05, 0) is 0 Å². The van der Waals surface area contributed by atoms with Gasteiger partial charge in [0.15, 0.2) is 0 Å².